The summed E-state index contributed by atoms with van der Waals surface area (Å²) in [6, 6.07) is 0. The van der Waals surface area contributed by atoms with E-state index in [0.29, 0.717) is 5.69 Å². The summed E-state index contributed by atoms with van der Waals surface area (Å²) in [6.07, 6.45) is 3.24. The van der Waals surface area contributed by atoms with Crippen LogP contribution in [0.2, 0.25) is 0 Å². The Hall–Kier alpha value is -1.16. The second-order valence-electron chi connectivity index (χ2n) is 2.90. The van der Waals surface area contributed by atoms with Gasteiger partial charge in [-0.05, 0) is 6.92 Å². The van der Waals surface area contributed by atoms with Crippen molar-refractivity contribution in [1.82, 2.24) is 9.88 Å². The number of hydrogen-bond acceptors (Lipinski definition) is 4. The molecule has 1 heterocycles. The molecule has 0 aliphatic heterocycles. The summed E-state index contributed by atoms with van der Waals surface area (Å²) >= 11 is 1.49. The third-order valence-corrected chi connectivity index (χ3v) is 2.17. The first kappa shape index (κ1) is 13.8. The van der Waals surface area contributed by atoms with Crippen molar-refractivity contribution in [2.24, 2.45) is 0 Å². The van der Waals surface area contributed by atoms with E-state index in [2.05, 4.69) is 4.98 Å². The fourth-order valence-corrected chi connectivity index (χ4v) is 1.38. The Morgan fingerprint density at radius 2 is 2.07 bits per heavy atom. The maximum absolute atomic E-state index is 11.4. The number of allylic oxidation sites excluding steroid dienone is 1. The van der Waals surface area contributed by atoms with Crippen LogP contribution < -0.4 is 0 Å². The molecule has 0 aromatic carbocycles. The molecule has 0 aliphatic carbocycles. The Labute approximate surface area is 95.4 Å². The zero-order chi connectivity index (χ0) is 11.8. The largest absolute Gasteiger partial charge is 0.383 e. The summed E-state index contributed by atoms with van der Waals surface area (Å²) in [5.41, 5.74) is 0.528. The quantitative estimate of drug-likeness (QED) is 0.587. The van der Waals surface area contributed by atoms with Crippen molar-refractivity contribution in [1.29, 1.82) is 0 Å². The normalized spacial score (nSPS) is 9.67. The first-order valence-electron chi connectivity index (χ1n) is 4.90. The van der Waals surface area contributed by atoms with Gasteiger partial charge in [0.05, 0.1) is 5.01 Å². The van der Waals surface area contributed by atoms with Crippen molar-refractivity contribution >= 4 is 17.1 Å². The maximum Gasteiger partial charge on any atom is 0.206 e. The molecular formula is C11H18N2OS. The highest BCUT2D eigenvalue weighted by atomic mass is 32.1. The van der Waals surface area contributed by atoms with Gasteiger partial charge < -0.3 is 4.90 Å². The molecule has 0 unspecified atom stereocenters. The zero-order valence-corrected chi connectivity index (χ0v) is 10.8. The maximum atomic E-state index is 11.4. The molecule has 0 atom stereocenters. The molecule has 0 saturated carbocycles. The third kappa shape index (κ3) is 5.32. The predicted octanol–water partition coefficient (Wildman–Crippen LogP) is 2.74. The highest BCUT2D eigenvalue weighted by Crippen LogP contribution is 2.08. The molecule has 0 aliphatic rings. The van der Waals surface area contributed by atoms with E-state index in [-0.39, 0.29) is 5.78 Å². The van der Waals surface area contributed by atoms with Crippen LogP contribution in [0.4, 0.5) is 0 Å². The predicted molar refractivity (Wildman–Crippen MR) is 65.4 cm³/mol. The molecule has 1 rings (SSSR count). The molecule has 0 bridgehead atoms. The second kappa shape index (κ2) is 7.17. The van der Waals surface area contributed by atoms with Crippen LogP contribution in [-0.2, 0) is 0 Å². The summed E-state index contributed by atoms with van der Waals surface area (Å²) in [6.45, 7) is 5.89. The van der Waals surface area contributed by atoms with Gasteiger partial charge in [-0.2, -0.15) is 0 Å². The van der Waals surface area contributed by atoms with Crippen LogP contribution in [0.3, 0.4) is 0 Å². The number of thiazole rings is 1. The molecular weight excluding hydrogens is 208 g/mol. The van der Waals surface area contributed by atoms with Gasteiger partial charge >= 0.3 is 0 Å². The van der Waals surface area contributed by atoms with Crippen LogP contribution in [0.1, 0.15) is 29.3 Å². The zero-order valence-electron chi connectivity index (χ0n) is 9.94. The van der Waals surface area contributed by atoms with E-state index in [1.807, 2.05) is 39.8 Å². The highest BCUT2D eigenvalue weighted by Gasteiger charge is 2.04. The Balaban J connectivity index is 0.000000921. The minimum absolute atomic E-state index is 0.0435. The molecule has 4 heteroatoms. The van der Waals surface area contributed by atoms with Gasteiger partial charge in [0, 0.05) is 31.8 Å². The van der Waals surface area contributed by atoms with Crippen LogP contribution in [0.5, 0.6) is 0 Å². The average Bonchev–Trinajstić information content (AvgIpc) is 2.64. The molecule has 1 aromatic rings. The minimum Gasteiger partial charge on any atom is -0.383 e. The van der Waals surface area contributed by atoms with Gasteiger partial charge in [0.25, 0.3) is 0 Å². The van der Waals surface area contributed by atoms with Crippen molar-refractivity contribution in [2.75, 3.05) is 14.1 Å². The first-order valence-corrected chi connectivity index (χ1v) is 5.78. The fourth-order valence-electron chi connectivity index (χ4n) is 0.779. The van der Waals surface area contributed by atoms with Gasteiger partial charge in [0.15, 0.2) is 0 Å². The second-order valence-corrected chi connectivity index (χ2v) is 3.96. The molecule has 15 heavy (non-hydrogen) atoms. The van der Waals surface area contributed by atoms with E-state index >= 15 is 0 Å². The van der Waals surface area contributed by atoms with Crippen molar-refractivity contribution in [3.05, 3.63) is 28.4 Å². The SMILES string of the molecule is CC.Cc1nc(C(=O)/C=C\N(C)C)cs1. The number of hydrogen-bond donors (Lipinski definition) is 0. The molecule has 0 fully saturated rings. The van der Waals surface area contributed by atoms with E-state index < -0.39 is 0 Å². The monoisotopic (exact) mass is 226 g/mol. The van der Waals surface area contributed by atoms with Crippen LogP contribution in [0.15, 0.2) is 17.7 Å². The third-order valence-electron chi connectivity index (χ3n) is 1.40. The molecule has 84 valence electrons. The molecule has 0 spiro atoms. The lowest BCUT2D eigenvalue weighted by Crippen LogP contribution is -2.03. The number of carbonyl (C=O) groups is 1. The van der Waals surface area contributed by atoms with Crippen molar-refractivity contribution < 1.29 is 4.79 Å². The summed E-state index contributed by atoms with van der Waals surface area (Å²) in [7, 11) is 3.74. The molecule has 0 saturated heterocycles. The number of ketones is 1. The highest BCUT2D eigenvalue weighted by molar-refractivity contribution is 7.09. The fraction of sp³-hybridized carbons (Fsp3) is 0.455. The number of aromatic nitrogens is 1. The Morgan fingerprint density at radius 3 is 2.47 bits per heavy atom. The van der Waals surface area contributed by atoms with Crippen LogP contribution in [0.25, 0.3) is 0 Å². The number of rotatable bonds is 3. The van der Waals surface area contributed by atoms with Crippen molar-refractivity contribution in [3.8, 4) is 0 Å². The Morgan fingerprint density at radius 1 is 1.47 bits per heavy atom. The van der Waals surface area contributed by atoms with Gasteiger partial charge in [0.1, 0.15) is 5.69 Å². The Bertz CT molecular complexity index is 329. The van der Waals surface area contributed by atoms with E-state index in [4.69, 9.17) is 0 Å². The lowest BCUT2D eigenvalue weighted by atomic mass is 10.3. The minimum atomic E-state index is -0.0435. The number of nitrogens with zero attached hydrogens (tertiary/aromatic N) is 2. The topological polar surface area (TPSA) is 33.2 Å². The standard InChI is InChI=1S/C9H12N2OS.C2H6/c1-7-10-8(6-13-7)9(12)4-5-11(2)3;1-2/h4-6H,1-3H3;1-2H3/b5-4-;. The van der Waals surface area contributed by atoms with Crippen LogP contribution in [-0.4, -0.2) is 29.8 Å². The molecule has 0 N–H and O–H groups in total. The van der Waals surface area contributed by atoms with Gasteiger partial charge in [-0.15, -0.1) is 11.3 Å². The van der Waals surface area contributed by atoms with E-state index in [9.17, 15) is 4.79 Å². The van der Waals surface area contributed by atoms with Gasteiger partial charge in [-0.25, -0.2) is 4.98 Å². The summed E-state index contributed by atoms with van der Waals surface area (Å²) in [4.78, 5) is 17.3. The average molecular weight is 226 g/mol. The molecule has 3 nitrogen and oxygen atoms in total. The lowest BCUT2D eigenvalue weighted by molar-refractivity contribution is 0.104. The van der Waals surface area contributed by atoms with E-state index in [0.717, 1.165) is 5.01 Å². The summed E-state index contributed by atoms with van der Waals surface area (Å²) in [5, 5.41) is 2.69. The first-order chi connectivity index (χ1) is 7.09. The van der Waals surface area contributed by atoms with Crippen LogP contribution >= 0.6 is 11.3 Å². The summed E-state index contributed by atoms with van der Waals surface area (Å²) in [5.74, 6) is -0.0435. The number of aryl methyl sites for hydroxylation is 1. The lowest BCUT2D eigenvalue weighted by Gasteiger charge is -2.01. The van der Waals surface area contributed by atoms with E-state index in [1.165, 1.54) is 17.4 Å². The van der Waals surface area contributed by atoms with Crippen molar-refractivity contribution in [3.63, 3.8) is 0 Å². The van der Waals surface area contributed by atoms with Gasteiger partial charge in [-0.1, -0.05) is 13.8 Å². The van der Waals surface area contributed by atoms with Gasteiger partial charge in [0.2, 0.25) is 5.78 Å². The van der Waals surface area contributed by atoms with Gasteiger partial charge in [-0.3, -0.25) is 4.79 Å². The van der Waals surface area contributed by atoms with E-state index in [1.54, 1.807) is 11.6 Å². The Kier molecular flexibility index (Phi) is 6.62. The summed E-state index contributed by atoms with van der Waals surface area (Å²) < 4.78 is 0. The molecule has 1 aromatic heterocycles. The van der Waals surface area contributed by atoms with Crippen LogP contribution in [0, 0.1) is 6.92 Å². The molecule has 0 amide bonds. The molecule has 0 radical (unpaired) electrons. The van der Waals surface area contributed by atoms with Crippen molar-refractivity contribution in [2.45, 2.75) is 20.8 Å². The smallest absolute Gasteiger partial charge is 0.206 e. The number of carbonyl (C=O) groups excluding carboxylic acids is 1.